The van der Waals surface area contributed by atoms with E-state index in [0.29, 0.717) is 0 Å². The smallest absolute Gasteiger partial charge is 0.320 e. The number of hydrogen-bond acceptors (Lipinski definition) is 3. The minimum atomic E-state index is -5.81. The van der Waals surface area contributed by atoms with Gasteiger partial charge in [-0.2, -0.15) is 17.2 Å². The highest BCUT2D eigenvalue weighted by molar-refractivity contribution is 7.87. The number of rotatable bonds is 4. The minimum Gasteiger partial charge on any atom is -0.320 e. The van der Waals surface area contributed by atoms with Crippen LogP contribution in [0.25, 0.3) is 0 Å². The highest BCUT2D eigenvalue weighted by atomic mass is 32.2. The van der Waals surface area contributed by atoms with E-state index in [9.17, 15) is 22.0 Å². The molecule has 1 aromatic rings. The summed E-state index contributed by atoms with van der Waals surface area (Å²) in [6, 6.07) is 6.72. The fourth-order valence-electron chi connectivity index (χ4n) is 5.69. The average molecular weight is 385 g/mol. The summed E-state index contributed by atoms with van der Waals surface area (Å²) < 4.78 is 56.5. The number of carbonyl (C=O) groups is 1. The van der Waals surface area contributed by atoms with Crippen molar-refractivity contribution in [2.45, 2.75) is 49.2 Å². The van der Waals surface area contributed by atoms with Crippen LogP contribution in [0, 0.1) is 17.8 Å². The van der Waals surface area contributed by atoms with Crippen molar-refractivity contribution in [2.75, 3.05) is 5.32 Å². The molecule has 142 valence electrons. The molecule has 4 aliphatic rings. The molecule has 2 N–H and O–H groups in total. The summed E-state index contributed by atoms with van der Waals surface area (Å²) in [6.07, 6.45) is 7.43. The molecule has 26 heavy (non-hydrogen) atoms. The average Bonchev–Trinajstić information content (AvgIpc) is 2.53. The van der Waals surface area contributed by atoms with Gasteiger partial charge >= 0.3 is 21.3 Å². The summed E-state index contributed by atoms with van der Waals surface area (Å²) in [5.74, 6) is 0.250. The lowest BCUT2D eigenvalue weighted by molar-refractivity contribution is -0.130. The van der Waals surface area contributed by atoms with Gasteiger partial charge in [-0.3, -0.25) is 9.35 Å². The maximum Gasteiger partial charge on any atom is 0.446 e. The Labute approximate surface area is 150 Å². The van der Waals surface area contributed by atoms with Gasteiger partial charge in [-0.1, -0.05) is 12.1 Å². The van der Waals surface area contributed by atoms with Crippen LogP contribution in [0.2, 0.25) is 0 Å². The lowest BCUT2D eigenvalue weighted by Gasteiger charge is -2.57. The van der Waals surface area contributed by atoms with E-state index in [2.05, 4.69) is 0 Å². The fourth-order valence-corrected chi connectivity index (χ4v) is 5.98. The quantitative estimate of drug-likeness (QED) is 0.776. The Bertz CT molecular complexity index is 800. The molecule has 0 unspecified atom stereocenters. The Balaban J connectivity index is 1.52. The molecule has 0 spiro atoms. The van der Waals surface area contributed by atoms with Gasteiger partial charge in [0.2, 0.25) is 0 Å². The number of amides is 1. The molecule has 0 saturated heterocycles. The van der Waals surface area contributed by atoms with E-state index in [1.54, 1.807) is 0 Å². The molecule has 1 aromatic carbocycles. The number of anilines is 1. The predicted octanol–water partition coefficient (Wildman–Crippen LogP) is 3.57. The van der Waals surface area contributed by atoms with Crippen LogP contribution in [0.1, 0.15) is 44.1 Å². The molecule has 5 nitrogen and oxygen atoms in total. The Kier molecular flexibility index (Phi) is 3.93. The second kappa shape index (κ2) is 5.73. The summed E-state index contributed by atoms with van der Waals surface area (Å²) in [5, 5.41) is -3.02. The second-order valence-electron chi connectivity index (χ2n) is 8.22. The third kappa shape index (κ3) is 2.83. The fraction of sp³-hybridized carbons (Fsp3) is 0.611. The molecule has 0 heterocycles. The van der Waals surface area contributed by atoms with E-state index < -0.39 is 21.3 Å². The molecule has 4 bridgehead atoms. The van der Waals surface area contributed by atoms with Crippen molar-refractivity contribution in [3.8, 4) is 0 Å². The van der Waals surface area contributed by atoms with Gasteiger partial charge in [0.1, 0.15) is 0 Å². The lowest BCUT2D eigenvalue weighted by atomic mass is 9.48. The van der Waals surface area contributed by atoms with Gasteiger partial charge in [-0.05, 0) is 79.4 Å². The van der Waals surface area contributed by atoms with Gasteiger partial charge in [0.05, 0.1) is 0 Å². The van der Waals surface area contributed by atoms with Gasteiger partial charge in [-0.15, -0.1) is 0 Å². The van der Waals surface area contributed by atoms with Crippen molar-refractivity contribution >= 4 is 21.7 Å². The predicted molar refractivity (Wildman–Crippen MR) is 91.4 cm³/mol. The number of hydrogen-bond donors (Lipinski definition) is 2. The van der Waals surface area contributed by atoms with Crippen LogP contribution in [0.5, 0.6) is 0 Å². The van der Waals surface area contributed by atoms with Crippen LogP contribution in [0.3, 0.4) is 0 Å². The summed E-state index contributed by atoms with van der Waals surface area (Å²) in [6.45, 7) is 0. The zero-order chi connectivity index (χ0) is 18.7. The summed E-state index contributed by atoms with van der Waals surface area (Å²) in [7, 11) is -5.81. The summed E-state index contributed by atoms with van der Waals surface area (Å²) in [4.78, 5) is 11.5. The van der Waals surface area contributed by atoms with E-state index >= 15 is 0 Å². The molecule has 0 atom stereocenters. The second-order valence-corrected chi connectivity index (χ2v) is 9.68. The Morgan fingerprint density at radius 3 is 1.92 bits per heavy atom. The molecule has 1 amide bonds. The number of halogens is 2. The molecule has 0 aliphatic heterocycles. The van der Waals surface area contributed by atoms with E-state index in [4.69, 9.17) is 4.55 Å². The molecule has 8 heteroatoms. The van der Waals surface area contributed by atoms with Crippen LogP contribution in [0.15, 0.2) is 24.3 Å². The standard InChI is InChI=1S/C18H21F2NO4S/c19-18(20,26(23,24)25)16(22)21-15-3-1-14(2-4-15)17-8-11-5-12(9-17)7-13(6-11)10-17/h1-4,11-13H,5-10H2,(H,21,22)(H,23,24,25). The molecule has 4 saturated carbocycles. The molecule has 0 aromatic heterocycles. The first kappa shape index (κ1) is 17.9. The first-order valence-electron chi connectivity index (χ1n) is 8.86. The Morgan fingerprint density at radius 2 is 1.50 bits per heavy atom. The maximum absolute atomic E-state index is 13.3. The van der Waals surface area contributed by atoms with Crippen molar-refractivity contribution in [1.29, 1.82) is 0 Å². The number of carbonyl (C=O) groups excluding carboxylic acids is 1. The first-order valence-corrected chi connectivity index (χ1v) is 10.3. The maximum atomic E-state index is 13.3. The highest BCUT2D eigenvalue weighted by Gasteiger charge is 2.53. The van der Waals surface area contributed by atoms with Crippen LogP contribution in [0.4, 0.5) is 14.5 Å². The first-order chi connectivity index (χ1) is 12.1. The molecule has 5 rings (SSSR count). The van der Waals surface area contributed by atoms with Gasteiger partial charge in [0.15, 0.2) is 0 Å². The summed E-state index contributed by atoms with van der Waals surface area (Å²) >= 11 is 0. The van der Waals surface area contributed by atoms with Crippen molar-refractivity contribution < 1.29 is 26.5 Å². The Morgan fingerprint density at radius 1 is 1.04 bits per heavy atom. The number of nitrogens with one attached hydrogen (secondary N) is 1. The lowest BCUT2D eigenvalue weighted by Crippen LogP contribution is -2.48. The van der Waals surface area contributed by atoms with Gasteiger partial charge < -0.3 is 5.32 Å². The largest absolute Gasteiger partial charge is 0.446 e. The van der Waals surface area contributed by atoms with Crippen molar-refractivity contribution in [2.24, 2.45) is 17.8 Å². The van der Waals surface area contributed by atoms with E-state index in [1.165, 1.54) is 31.4 Å². The van der Waals surface area contributed by atoms with Gasteiger partial charge in [-0.25, -0.2) is 0 Å². The van der Waals surface area contributed by atoms with Gasteiger partial charge in [0.25, 0.3) is 0 Å². The van der Waals surface area contributed by atoms with Crippen molar-refractivity contribution in [3.63, 3.8) is 0 Å². The van der Waals surface area contributed by atoms with Crippen molar-refractivity contribution in [1.82, 2.24) is 0 Å². The molecule has 4 fully saturated rings. The van der Waals surface area contributed by atoms with Crippen molar-refractivity contribution in [3.05, 3.63) is 29.8 Å². The van der Waals surface area contributed by atoms with E-state index in [0.717, 1.165) is 42.6 Å². The molecular formula is C18H21F2NO4S. The molecule has 0 radical (unpaired) electrons. The van der Waals surface area contributed by atoms with Crippen LogP contribution < -0.4 is 5.32 Å². The normalized spacial score (nSPS) is 33.3. The third-order valence-electron chi connectivity index (χ3n) is 6.38. The number of benzene rings is 1. The van der Waals surface area contributed by atoms with E-state index in [1.807, 2.05) is 17.4 Å². The number of alkyl halides is 2. The molecule has 4 aliphatic carbocycles. The molecular weight excluding hydrogens is 364 g/mol. The zero-order valence-electron chi connectivity index (χ0n) is 14.1. The summed E-state index contributed by atoms with van der Waals surface area (Å²) in [5.41, 5.74) is 1.39. The van der Waals surface area contributed by atoms with E-state index in [-0.39, 0.29) is 11.1 Å². The SMILES string of the molecule is O=C(Nc1ccc(C23CC4CC(CC(C4)C2)C3)cc1)C(F)(F)S(=O)(=O)O. The van der Waals surface area contributed by atoms with Crippen LogP contribution in [-0.2, 0) is 20.3 Å². The monoisotopic (exact) mass is 385 g/mol. The Hall–Kier alpha value is -1.54. The minimum absolute atomic E-state index is 0.0757. The topological polar surface area (TPSA) is 83.5 Å². The van der Waals surface area contributed by atoms with Gasteiger partial charge in [0, 0.05) is 5.69 Å². The van der Waals surface area contributed by atoms with Crippen LogP contribution in [-0.4, -0.2) is 24.1 Å². The third-order valence-corrected chi connectivity index (χ3v) is 7.22. The highest BCUT2D eigenvalue weighted by Crippen LogP contribution is 2.60. The van der Waals surface area contributed by atoms with Crippen LogP contribution >= 0.6 is 0 Å². The zero-order valence-corrected chi connectivity index (χ0v) is 14.9.